The summed E-state index contributed by atoms with van der Waals surface area (Å²) in [6.07, 6.45) is 0. The van der Waals surface area contributed by atoms with Crippen LogP contribution in [-0.2, 0) is 0 Å². The molecule has 2 rings (SSSR count). The Morgan fingerprint density at radius 2 is 1.89 bits per heavy atom. The van der Waals surface area contributed by atoms with Crippen LogP contribution >= 0.6 is 38.5 Å². The van der Waals surface area contributed by atoms with Crippen molar-refractivity contribution in [3.8, 4) is 0 Å². The van der Waals surface area contributed by atoms with Crippen LogP contribution < -0.4 is 5.32 Å². The van der Waals surface area contributed by atoms with Gasteiger partial charge in [0.05, 0.1) is 11.3 Å². The van der Waals surface area contributed by atoms with Gasteiger partial charge >= 0.3 is 0 Å². The average Bonchev–Trinajstić information content (AvgIpc) is 2.36. The van der Waals surface area contributed by atoms with E-state index in [0.717, 1.165) is 26.2 Å². The molecule has 0 heterocycles. The monoisotopic (exact) mass is 437 g/mol. The van der Waals surface area contributed by atoms with E-state index in [0.29, 0.717) is 5.56 Å². The van der Waals surface area contributed by atoms with Crippen molar-refractivity contribution in [3.63, 3.8) is 0 Å². The molecule has 0 aliphatic carbocycles. The van der Waals surface area contributed by atoms with Crippen molar-refractivity contribution in [1.82, 2.24) is 0 Å². The average molecular weight is 438 g/mol. The third-order valence-corrected chi connectivity index (χ3v) is 3.78. The number of halogens is 4. The maximum atomic E-state index is 13.4. The van der Waals surface area contributed by atoms with E-state index in [4.69, 9.17) is 0 Å². The van der Waals surface area contributed by atoms with E-state index in [1.54, 1.807) is 18.2 Å². The Labute approximate surface area is 130 Å². The standard InChI is InChI=1S/C13H7BrF2INO/c14-7-1-4-11(17)9(5-7)13(19)18-12-6-8(15)2-3-10(12)16/h1-6H,(H,18,19). The topological polar surface area (TPSA) is 29.1 Å². The minimum atomic E-state index is -0.681. The first-order valence-corrected chi connectivity index (χ1v) is 7.06. The van der Waals surface area contributed by atoms with Crippen LogP contribution in [-0.4, -0.2) is 5.91 Å². The maximum absolute atomic E-state index is 13.4. The Morgan fingerprint density at radius 3 is 2.63 bits per heavy atom. The SMILES string of the molecule is O=C(Nc1cc(F)ccc1F)c1cc(Br)ccc1I. The lowest BCUT2D eigenvalue weighted by molar-refractivity contribution is 0.102. The smallest absolute Gasteiger partial charge is 0.256 e. The van der Waals surface area contributed by atoms with Crippen LogP contribution in [0.2, 0.25) is 0 Å². The number of nitrogens with one attached hydrogen (secondary N) is 1. The Bertz CT molecular complexity index is 649. The molecule has 0 atom stereocenters. The number of carbonyl (C=O) groups is 1. The summed E-state index contributed by atoms with van der Waals surface area (Å²) in [6, 6.07) is 8.07. The highest BCUT2D eigenvalue weighted by atomic mass is 127. The molecule has 1 amide bonds. The lowest BCUT2D eigenvalue weighted by Gasteiger charge is -2.08. The Kier molecular flexibility index (Phi) is 4.51. The molecule has 1 N–H and O–H groups in total. The summed E-state index contributed by atoms with van der Waals surface area (Å²) in [4.78, 5) is 12.0. The van der Waals surface area contributed by atoms with Crippen LogP contribution in [0, 0.1) is 15.2 Å². The minimum absolute atomic E-state index is 0.180. The number of amides is 1. The first-order valence-electron chi connectivity index (χ1n) is 5.19. The number of benzene rings is 2. The van der Waals surface area contributed by atoms with E-state index in [-0.39, 0.29) is 5.69 Å². The van der Waals surface area contributed by atoms with E-state index in [1.807, 2.05) is 22.6 Å². The van der Waals surface area contributed by atoms with E-state index in [1.165, 1.54) is 0 Å². The zero-order chi connectivity index (χ0) is 14.0. The first-order chi connectivity index (χ1) is 8.97. The number of hydrogen-bond acceptors (Lipinski definition) is 1. The van der Waals surface area contributed by atoms with Crippen LogP contribution in [0.1, 0.15) is 10.4 Å². The van der Waals surface area contributed by atoms with Crippen molar-refractivity contribution < 1.29 is 13.6 Å². The minimum Gasteiger partial charge on any atom is -0.319 e. The molecule has 0 radical (unpaired) electrons. The summed E-state index contributed by atoms with van der Waals surface area (Å²) in [5.41, 5.74) is 0.208. The van der Waals surface area contributed by atoms with Gasteiger partial charge in [-0.1, -0.05) is 15.9 Å². The predicted molar refractivity (Wildman–Crippen MR) is 81.2 cm³/mol. The zero-order valence-electron chi connectivity index (χ0n) is 9.38. The molecule has 19 heavy (non-hydrogen) atoms. The largest absolute Gasteiger partial charge is 0.319 e. The summed E-state index contributed by atoms with van der Waals surface area (Å²) in [6.45, 7) is 0. The molecule has 0 unspecified atom stereocenters. The molecule has 0 aromatic heterocycles. The van der Waals surface area contributed by atoms with Crippen LogP contribution in [0.25, 0.3) is 0 Å². The third-order valence-electron chi connectivity index (χ3n) is 2.35. The molecule has 0 spiro atoms. The van der Waals surface area contributed by atoms with Crippen LogP contribution in [0.15, 0.2) is 40.9 Å². The van der Waals surface area contributed by atoms with Gasteiger partial charge in [0.15, 0.2) is 0 Å². The van der Waals surface area contributed by atoms with Gasteiger partial charge in [0.2, 0.25) is 0 Å². The van der Waals surface area contributed by atoms with Crippen molar-refractivity contribution >= 4 is 50.1 Å². The van der Waals surface area contributed by atoms with Crippen molar-refractivity contribution in [1.29, 1.82) is 0 Å². The van der Waals surface area contributed by atoms with Crippen LogP contribution in [0.3, 0.4) is 0 Å². The van der Waals surface area contributed by atoms with E-state index in [2.05, 4.69) is 21.2 Å². The molecular formula is C13H7BrF2INO. The van der Waals surface area contributed by atoms with E-state index in [9.17, 15) is 13.6 Å². The molecular weight excluding hydrogens is 431 g/mol. The van der Waals surface area contributed by atoms with Crippen LogP contribution in [0.5, 0.6) is 0 Å². The van der Waals surface area contributed by atoms with Gasteiger partial charge in [0.25, 0.3) is 5.91 Å². The van der Waals surface area contributed by atoms with E-state index < -0.39 is 17.5 Å². The molecule has 0 saturated heterocycles. The molecule has 0 bridgehead atoms. The molecule has 2 aromatic carbocycles. The Balaban J connectivity index is 2.30. The normalized spacial score (nSPS) is 10.3. The second-order valence-corrected chi connectivity index (χ2v) is 5.78. The first kappa shape index (κ1) is 14.4. The molecule has 98 valence electrons. The molecule has 0 aliphatic heterocycles. The molecule has 2 nitrogen and oxygen atoms in total. The van der Waals surface area contributed by atoms with Gasteiger partial charge in [0, 0.05) is 14.1 Å². The van der Waals surface area contributed by atoms with Crippen molar-refractivity contribution in [2.24, 2.45) is 0 Å². The molecule has 0 saturated carbocycles. The van der Waals surface area contributed by atoms with Gasteiger partial charge in [-0.25, -0.2) is 8.78 Å². The molecule has 0 fully saturated rings. The fourth-order valence-electron chi connectivity index (χ4n) is 1.45. The fourth-order valence-corrected chi connectivity index (χ4v) is 2.40. The van der Waals surface area contributed by atoms with Crippen molar-refractivity contribution in [3.05, 3.63) is 61.6 Å². The van der Waals surface area contributed by atoms with Gasteiger partial charge in [-0.05, 0) is 52.9 Å². The van der Waals surface area contributed by atoms with Crippen LogP contribution in [0.4, 0.5) is 14.5 Å². The molecule has 6 heteroatoms. The summed E-state index contributed by atoms with van der Waals surface area (Å²) in [5.74, 6) is -1.78. The van der Waals surface area contributed by atoms with E-state index >= 15 is 0 Å². The highest BCUT2D eigenvalue weighted by Gasteiger charge is 2.13. The zero-order valence-corrected chi connectivity index (χ0v) is 13.1. The lowest BCUT2D eigenvalue weighted by atomic mass is 10.2. The van der Waals surface area contributed by atoms with Gasteiger partial charge in [-0.2, -0.15) is 0 Å². The van der Waals surface area contributed by atoms with Crippen molar-refractivity contribution in [2.45, 2.75) is 0 Å². The van der Waals surface area contributed by atoms with Crippen molar-refractivity contribution in [2.75, 3.05) is 5.32 Å². The highest BCUT2D eigenvalue weighted by Crippen LogP contribution is 2.21. The molecule has 0 aliphatic rings. The number of rotatable bonds is 2. The summed E-state index contributed by atoms with van der Waals surface area (Å²) >= 11 is 5.26. The number of anilines is 1. The van der Waals surface area contributed by atoms with Gasteiger partial charge < -0.3 is 5.32 Å². The lowest BCUT2D eigenvalue weighted by Crippen LogP contribution is -2.14. The summed E-state index contributed by atoms with van der Waals surface area (Å²) < 4.78 is 27.9. The summed E-state index contributed by atoms with van der Waals surface area (Å²) in [5, 5.41) is 2.36. The maximum Gasteiger partial charge on any atom is 0.256 e. The number of carbonyl (C=O) groups excluding carboxylic acids is 1. The Morgan fingerprint density at radius 1 is 1.16 bits per heavy atom. The third kappa shape index (κ3) is 3.50. The Hall–Kier alpha value is -1.02. The van der Waals surface area contributed by atoms with Gasteiger partial charge in [0.1, 0.15) is 11.6 Å². The number of hydrogen-bond donors (Lipinski definition) is 1. The second kappa shape index (κ2) is 5.96. The molecule has 2 aromatic rings. The van der Waals surface area contributed by atoms with Gasteiger partial charge in [-0.15, -0.1) is 0 Å². The fraction of sp³-hybridized carbons (Fsp3) is 0. The highest BCUT2D eigenvalue weighted by molar-refractivity contribution is 14.1. The predicted octanol–water partition coefficient (Wildman–Crippen LogP) is 4.58. The second-order valence-electron chi connectivity index (χ2n) is 3.70. The van der Waals surface area contributed by atoms with Gasteiger partial charge in [-0.3, -0.25) is 4.79 Å². The quantitative estimate of drug-likeness (QED) is 0.684. The summed E-state index contributed by atoms with van der Waals surface area (Å²) in [7, 11) is 0.